The molecule has 2 fully saturated rings. The Morgan fingerprint density at radius 3 is 2.71 bits per heavy atom. The van der Waals surface area contributed by atoms with Crippen LogP contribution in [0.15, 0.2) is 18.2 Å². The average molecular weight is 426 g/mol. The number of hydrogen-bond donors (Lipinski definition) is 1. The molecule has 0 radical (unpaired) electrons. The highest BCUT2D eigenvalue weighted by Crippen LogP contribution is 2.39. The summed E-state index contributed by atoms with van der Waals surface area (Å²) in [5.41, 5.74) is 0.0934. The predicted molar refractivity (Wildman–Crippen MR) is 108 cm³/mol. The monoisotopic (exact) mass is 426 g/mol. The van der Waals surface area contributed by atoms with Crippen molar-refractivity contribution in [3.05, 3.63) is 40.0 Å². The van der Waals surface area contributed by atoms with E-state index in [1.807, 2.05) is 0 Å². The Bertz CT molecular complexity index is 1040. The second-order valence-corrected chi connectivity index (χ2v) is 8.19. The van der Waals surface area contributed by atoms with Gasteiger partial charge in [-0.25, -0.2) is 4.98 Å². The van der Waals surface area contributed by atoms with Gasteiger partial charge in [-0.2, -0.15) is 5.10 Å². The molecule has 2 aliphatic heterocycles. The summed E-state index contributed by atoms with van der Waals surface area (Å²) in [6, 6.07) is 4.04. The molecule has 0 bridgehead atoms. The van der Waals surface area contributed by atoms with E-state index in [1.165, 1.54) is 23.1 Å². The van der Waals surface area contributed by atoms with Crippen molar-refractivity contribution >= 4 is 23.2 Å². The minimum Gasteiger partial charge on any atom is -0.482 e. The fourth-order valence-corrected chi connectivity index (χ4v) is 4.11. The SMILES string of the molecule is O=C(CN1C(=O)COc2ccc([N+](=O)[O-])cc21)N1CCC(c2nc(C3CC3)n[nH]2)CC1. The number of carbonyl (C=O) groups is 2. The van der Waals surface area contributed by atoms with Gasteiger partial charge in [0.1, 0.15) is 18.1 Å². The lowest BCUT2D eigenvalue weighted by molar-refractivity contribution is -0.384. The molecule has 11 nitrogen and oxygen atoms in total. The number of benzene rings is 1. The molecule has 0 spiro atoms. The third-order valence-electron chi connectivity index (χ3n) is 6.09. The van der Waals surface area contributed by atoms with Crippen LogP contribution in [0.25, 0.3) is 0 Å². The van der Waals surface area contributed by atoms with Crippen LogP contribution >= 0.6 is 0 Å². The Hall–Kier alpha value is -3.50. The third-order valence-corrected chi connectivity index (χ3v) is 6.09. The number of piperidine rings is 1. The minimum absolute atomic E-state index is 0.159. The number of nitro groups is 1. The molecule has 1 aromatic heterocycles. The van der Waals surface area contributed by atoms with Crippen molar-refractivity contribution in [3.8, 4) is 5.75 Å². The van der Waals surface area contributed by atoms with Crippen molar-refractivity contribution < 1.29 is 19.2 Å². The molecule has 1 aromatic carbocycles. The van der Waals surface area contributed by atoms with E-state index in [9.17, 15) is 19.7 Å². The number of H-pyrrole nitrogens is 1. The van der Waals surface area contributed by atoms with E-state index in [4.69, 9.17) is 4.74 Å². The summed E-state index contributed by atoms with van der Waals surface area (Å²) in [5, 5.41) is 18.5. The first-order valence-electron chi connectivity index (χ1n) is 10.4. The Kier molecular flexibility index (Phi) is 4.79. The van der Waals surface area contributed by atoms with Crippen LogP contribution in [0, 0.1) is 10.1 Å². The lowest BCUT2D eigenvalue weighted by Crippen LogP contribution is -2.48. The number of ether oxygens (including phenoxy) is 1. The molecule has 1 aliphatic carbocycles. The maximum atomic E-state index is 12.9. The zero-order valence-electron chi connectivity index (χ0n) is 16.8. The molecule has 2 aromatic rings. The Morgan fingerprint density at radius 2 is 2.00 bits per heavy atom. The number of aromatic amines is 1. The zero-order valence-corrected chi connectivity index (χ0v) is 16.8. The van der Waals surface area contributed by atoms with Gasteiger partial charge in [-0.15, -0.1) is 0 Å². The lowest BCUT2D eigenvalue weighted by Gasteiger charge is -2.34. The molecule has 162 valence electrons. The molecule has 0 unspecified atom stereocenters. The normalized spacial score (nSPS) is 19.2. The van der Waals surface area contributed by atoms with Gasteiger partial charge in [0.05, 0.1) is 10.6 Å². The number of hydrogen-bond acceptors (Lipinski definition) is 7. The van der Waals surface area contributed by atoms with Gasteiger partial charge in [0.2, 0.25) is 5.91 Å². The van der Waals surface area contributed by atoms with E-state index in [1.54, 1.807) is 4.90 Å². The maximum Gasteiger partial charge on any atom is 0.271 e. The van der Waals surface area contributed by atoms with Crippen molar-refractivity contribution in [3.63, 3.8) is 0 Å². The maximum absolute atomic E-state index is 12.9. The molecule has 2 amide bonds. The Labute approximate surface area is 177 Å². The molecule has 31 heavy (non-hydrogen) atoms. The number of aromatic nitrogens is 3. The van der Waals surface area contributed by atoms with Crippen LogP contribution in [-0.4, -0.2) is 63.1 Å². The summed E-state index contributed by atoms with van der Waals surface area (Å²) in [4.78, 5) is 43.5. The van der Waals surface area contributed by atoms with Gasteiger partial charge in [0.15, 0.2) is 12.4 Å². The number of carbonyl (C=O) groups excluding carboxylic acids is 2. The van der Waals surface area contributed by atoms with Crippen molar-refractivity contribution in [1.29, 1.82) is 0 Å². The minimum atomic E-state index is -0.539. The number of amides is 2. The van der Waals surface area contributed by atoms with Crippen LogP contribution in [0.4, 0.5) is 11.4 Å². The second kappa shape index (κ2) is 7.64. The topological polar surface area (TPSA) is 135 Å². The first-order chi connectivity index (χ1) is 15.0. The van der Waals surface area contributed by atoms with Crippen molar-refractivity contribution in [2.45, 2.75) is 37.5 Å². The molecule has 1 saturated carbocycles. The lowest BCUT2D eigenvalue weighted by atomic mass is 9.96. The largest absolute Gasteiger partial charge is 0.482 e. The number of nitro benzene ring substituents is 1. The first-order valence-corrected chi connectivity index (χ1v) is 10.4. The van der Waals surface area contributed by atoms with Gasteiger partial charge in [0.25, 0.3) is 11.6 Å². The number of anilines is 1. The summed E-state index contributed by atoms with van der Waals surface area (Å²) in [6.07, 6.45) is 3.84. The molecule has 3 heterocycles. The van der Waals surface area contributed by atoms with Crippen LogP contribution in [0.1, 0.15) is 49.2 Å². The summed E-state index contributed by atoms with van der Waals surface area (Å²) < 4.78 is 5.36. The number of fused-ring (bicyclic) bond motifs is 1. The fourth-order valence-electron chi connectivity index (χ4n) is 4.11. The average Bonchev–Trinajstić information content (AvgIpc) is 3.52. The summed E-state index contributed by atoms with van der Waals surface area (Å²) in [7, 11) is 0. The van der Waals surface area contributed by atoms with Crippen molar-refractivity contribution in [2.75, 3.05) is 31.1 Å². The number of nitrogens with one attached hydrogen (secondary N) is 1. The summed E-state index contributed by atoms with van der Waals surface area (Å²) >= 11 is 0. The molecule has 1 N–H and O–H groups in total. The van der Waals surface area contributed by atoms with Crippen LogP contribution < -0.4 is 9.64 Å². The highest BCUT2D eigenvalue weighted by atomic mass is 16.6. The fraction of sp³-hybridized carbons (Fsp3) is 0.500. The van der Waals surface area contributed by atoms with Crippen molar-refractivity contribution in [2.24, 2.45) is 0 Å². The molecule has 5 rings (SSSR count). The predicted octanol–water partition coefficient (Wildman–Crippen LogP) is 1.72. The standard InChI is InChI=1S/C20H22N6O5/c27-17(10-25-15-9-14(26(29)30)3-4-16(15)31-11-18(25)28)24-7-5-13(6-8-24)20-21-19(22-23-20)12-1-2-12/h3-4,9,12-13H,1-2,5-8,10-11H2,(H,21,22,23). The van der Waals surface area contributed by atoms with Gasteiger partial charge in [-0.05, 0) is 31.7 Å². The van der Waals surface area contributed by atoms with Gasteiger partial charge < -0.3 is 9.64 Å². The number of rotatable bonds is 5. The van der Waals surface area contributed by atoms with E-state index < -0.39 is 10.8 Å². The van der Waals surface area contributed by atoms with E-state index >= 15 is 0 Å². The van der Waals surface area contributed by atoms with E-state index in [2.05, 4.69) is 15.2 Å². The molecule has 0 atom stereocenters. The smallest absolute Gasteiger partial charge is 0.271 e. The number of nitrogens with zero attached hydrogens (tertiary/aromatic N) is 5. The summed E-state index contributed by atoms with van der Waals surface area (Å²) in [6.45, 7) is 0.747. The molecule has 11 heteroatoms. The second-order valence-electron chi connectivity index (χ2n) is 8.19. The van der Waals surface area contributed by atoms with E-state index in [0.717, 1.165) is 37.3 Å². The van der Waals surface area contributed by atoms with E-state index in [0.29, 0.717) is 24.8 Å². The van der Waals surface area contributed by atoms with Crippen LogP contribution in [0.5, 0.6) is 5.75 Å². The highest BCUT2D eigenvalue weighted by molar-refractivity contribution is 6.02. The Balaban J connectivity index is 1.24. The number of non-ortho nitro benzene ring substituents is 1. The molecular formula is C20H22N6O5. The quantitative estimate of drug-likeness (QED) is 0.568. The highest BCUT2D eigenvalue weighted by Gasteiger charge is 2.33. The molecular weight excluding hydrogens is 404 g/mol. The van der Waals surface area contributed by atoms with Crippen LogP contribution in [-0.2, 0) is 9.59 Å². The van der Waals surface area contributed by atoms with Gasteiger partial charge in [-0.1, -0.05) is 0 Å². The van der Waals surface area contributed by atoms with Crippen molar-refractivity contribution in [1.82, 2.24) is 20.1 Å². The Morgan fingerprint density at radius 1 is 1.23 bits per heavy atom. The molecule has 1 saturated heterocycles. The van der Waals surface area contributed by atoms with Gasteiger partial charge >= 0.3 is 0 Å². The van der Waals surface area contributed by atoms with E-state index in [-0.39, 0.29) is 36.4 Å². The van der Waals surface area contributed by atoms with Crippen LogP contribution in [0.2, 0.25) is 0 Å². The third kappa shape index (κ3) is 3.82. The number of likely N-dealkylation sites (tertiary alicyclic amines) is 1. The zero-order chi connectivity index (χ0) is 21.5. The first kappa shape index (κ1) is 19.5. The van der Waals surface area contributed by atoms with Gasteiger partial charge in [0, 0.05) is 37.1 Å². The summed E-state index contributed by atoms with van der Waals surface area (Å²) in [5.74, 6) is 2.28. The van der Waals surface area contributed by atoms with Gasteiger partial charge in [-0.3, -0.25) is 29.7 Å². The molecule has 3 aliphatic rings. The van der Waals surface area contributed by atoms with Crippen LogP contribution in [0.3, 0.4) is 0 Å².